The van der Waals surface area contributed by atoms with Crippen molar-refractivity contribution in [3.8, 4) is 0 Å². The third-order valence-electron chi connectivity index (χ3n) is 3.88. The van der Waals surface area contributed by atoms with E-state index in [1.165, 1.54) is 0 Å². The molecule has 1 aromatic rings. The molecule has 20 heavy (non-hydrogen) atoms. The zero-order valence-electron chi connectivity index (χ0n) is 12.0. The van der Waals surface area contributed by atoms with E-state index in [9.17, 15) is 9.59 Å². The minimum Gasteiger partial charge on any atom is -0.326 e. The Morgan fingerprint density at radius 2 is 1.85 bits per heavy atom. The minimum absolute atomic E-state index is 0.0501. The molecule has 0 spiro atoms. The lowest BCUT2D eigenvalue weighted by Gasteiger charge is -2.36. The van der Waals surface area contributed by atoms with E-state index in [2.05, 4.69) is 10.6 Å². The van der Waals surface area contributed by atoms with Crippen LogP contribution in [0, 0.1) is 6.92 Å². The van der Waals surface area contributed by atoms with E-state index in [0.717, 1.165) is 24.8 Å². The molecule has 1 saturated carbocycles. The fourth-order valence-electron chi connectivity index (χ4n) is 2.18. The molecule has 0 heterocycles. The van der Waals surface area contributed by atoms with Gasteiger partial charge < -0.3 is 16.4 Å². The van der Waals surface area contributed by atoms with Crippen molar-refractivity contribution >= 4 is 23.2 Å². The third-order valence-corrected chi connectivity index (χ3v) is 3.88. The molecule has 0 radical (unpaired) electrons. The fourth-order valence-corrected chi connectivity index (χ4v) is 2.18. The van der Waals surface area contributed by atoms with Crippen molar-refractivity contribution in [2.45, 2.75) is 45.1 Å². The predicted molar refractivity (Wildman–Crippen MR) is 79.5 cm³/mol. The highest BCUT2D eigenvalue weighted by Gasteiger charge is 2.40. The molecular weight excluding hydrogens is 254 g/mol. The van der Waals surface area contributed by atoms with Crippen LogP contribution in [0.25, 0.3) is 0 Å². The van der Waals surface area contributed by atoms with Gasteiger partial charge in [-0.25, -0.2) is 0 Å². The Morgan fingerprint density at radius 1 is 1.25 bits per heavy atom. The van der Waals surface area contributed by atoms with Gasteiger partial charge in [-0.3, -0.25) is 9.59 Å². The standard InChI is InChI=1S/C15H21N3O2/c1-3-13(19)17-11-6-4-7-12(10(11)2)18-14(20)15(16)8-5-9-15/h4,6-7H,3,5,8-9,16H2,1-2H3,(H,17,19)(H,18,20). The average molecular weight is 275 g/mol. The van der Waals surface area contributed by atoms with Crippen LogP contribution < -0.4 is 16.4 Å². The van der Waals surface area contributed by atoms with Crippen LogP contribution in [-0.2, 0) is 9.59 Å². The summed E-state index contributed by atoms with van der Waals surface area (Å²) in [6.07, 6.45) is 2.87. The molecule has 1 fully saturated rings. The first-order valence-corrected chi connectivity index (χ1v) is 6.96. The largest absolute Gasteiger partial charge is 0.326 e. The number of rotatable bonds is 4. The van der Waals surface area contributed by atoms with Crippen LogP contribution in [0.2, 0.25) is 0 Å². The fraction of sp³-hybridized carbons (Fsp3) is 0.467. The van der Waals surface area contributed by atoms with Crippen molar-refractivity contribution in [1.82, 2.24) is 0 Å². The maximum atomic E-state index is 12.1. The summed E-state index contributed by atoms with van der Waals surface area (Å²) >= 11 is 0. The Morgan fingerprint density at radius 3 is 2.35 bits per heavy atom. The summed E-state index contributed by atoms with van der Waals surface area (Å²) in [7, 11) is 0. The highest BCUT2D eigenvalue weighted by Crippen LogP contribution is 2.31. The van der Waals surface area contributed by atoms with Gasteiger partial charge in [-0.05, 0) is 43.9 Å². The van der Waals surface area contributed by atoms with E-state index in [1.54, 1.807) is 13.0 Å². The molecule has 0 aromatic heterocycles. The van der Waals surface area contributed by atoms with E-state index in [-0.39, 0.29) is 11.8 Å². The molecule has 5 heteroatoms. The van der Waals surface area contributed by atoms with E-state index in [0.29, 0.717) is 17.8 Å². The molecule has 0 bridgehead atoms. The Balaban J connectivity index is 2.14. The first-order valence-electron chi connectivity index (χ1n) is 6.96. The quantitative estimate of drug-likeness (QED) is 0.787. The molecule has 2 amide bonds. The summed E-state index contributed by atoms with van der Waals surface area (Å²) in [6.45, 7) is 3.66. The van der Waals surface area contributed by atoms with Crippen LogP contribution in [0.1, 0.15) is 38.2 Å². The SMILES string of the molecule is CCC(=O)Nc1cccc(NC(=O)C2(N)CCC2)c1C. The van der Waals surface area contributed by atoms with Crippen molar-refractivity contribution in [1.29, 1.82) is 0 Å². The molecule has 1 aromatic carbocycles. The molecule has 1 aliphatic carbocycles. The molecule has 5 nitrogen and oxygen atoms in total. The summed E-state index contributed by atoms with van der Waals surface area (Å²) in [5, 5.41) is 5.69. The molecular formula is C15H21N3O2. The summed E-state index contributed by atoms with van der Waals surface area (Å²) < 4.78 is 0. The van der Waals surface area contributed by atoms with Gasteiger partial charge in [0.1, 0.15) is 0 Å². The second-order valence-electron chi connectivity index (χ2n) is 5.34. The van der Waals surface area contributed by atoms with Gasteiger partial charge in [-0.15, -0.1) is 0 Å². The summed E-state index contributed by atoms with van der Waals surface area (Å²) in [5.74, 6) is -0.198. The van der Waals surface area contributed by atoms with Crippen LogP contribution in [0.4, 0.5) is 11.4 Å². The molecule has 0 atom stereocenters. The van der Waals surface area contributed by atoms with Gasteiger partial charge in [0.05, 0.1) is 5.54 Å². The Kier molecular flexibility index (Phi) is 4.09. The second kappa shape index (κ2) is 5.63. The van der Waals surface area contributed by atoms with Crippen LogP contribution >= 0.6 is 0 Å². The van der Waals surface area contributed by atoms with Gasteiger partial charge in [-0.2, -0.15) is 0 Å². The maximum absolute atomic E-state index is 12.1. The lowest BCUT2D eigenvalue weighted by atomic mass is 9.77. The van der Waals surface area contributed by atoms with Crippen molar-refractivity contribution in [3.05, 3.63) is 23.8 Å². The summed E-state index contributed by atoms with van der Waals surface area (Å²) in [4.78, 5) is 23.6. The van der Waals surface area contributed by atoms with Gasteiger partial charge in [0.2, 0.25) is 11.8 Å². The summed E-state index contributed by atoms with van der Waals surface area (Å²) in [6, 6.07) is 5.44. The first-order chi connectivity index (χ1) is 9.46. The monoisotopic (exact) mass is 275 g/mol. The topological polar surface area (TPSA) is 84.2 Å². The number of hydrogen-bond donors (Lipinski definition) is 3. The van der Waals surface area contributed by atoms with Gasteiger partial charge in [-0.1, -0.05) is 13.0 Å². The van der Waals surface area contributed by atoms with E-state index < -0.39 is 5.54 Å². The maximum Gasteiger partial charge on any atom is 0.244 e. The molecule has 2 rings (SSSR count). The van der Waals surface area contributed by atoms with Gasteiger partial charge in [0, 0.05) is 17.8 Å². The Labute approximate surface area is 118 Å². The van der Waals surface area contributed by atoms with Gasteiger partial charge in [0.25, 0.3) is 0 Å². The molecule has 1 aliphatic rings. The zero-order chi connectivity index (χ0) is 14.8. The summed E-state index contributed by atoms with van der Waals surface area (Å²) in [5.41, 5.74) is 7.53. The van der Waals surface area contributed by atoms with Crippen molar-refractivity contribution in [3.63, 3.8) is 0 Å². The van der Waals surface area contributed by atoms with Gasteiger partial charge >= 0.3 is 0 Å². The Hall–Kier alpha value is -1.88. The van der Waals surface area contributed by atoms with Crippen molar-refractivity contribution < 1.29 is 9.59 Å². The zero-order valence-corrected chi connectivity index (χ0v) is 12.0. The van der Waals surface area contributed by atoms with Crippen LogP contribution in [0.15, 0.2) is 18.2 Å². The second-order valence-corrected chi connectivity index (χ2v) is 5.34. The lowest BCUT2D eigenvalue weighted by Crippen LogP contribution is -2.56. The van der Waals surface area contributed by atoms with Crippen molar-refractivity contribution in [2.24, 2.45) is 5.73 Å². The number of benzene rings is 1. The normalized spacial score (nSPS) is 16.1. The number of anilines is 2. The molecule has 0 saturated heterocycles. The number of hydrogen-bond acceptors (Lipinski definition) is 3. The third kappa shape index (κ3) is 2.82. The van der Waals surface area contributed by atoms with Gasteiger partial charge in [0.15, 0.2) is 0 Å². The van der Waals surface area contributed by atoms with Crippen LogP contribution in [0.3, 0.4) is 0 Å². The molecule has 4 N–H and O–H groups in total. The smallest absolute Gasteiger partial charge is 0.244 e. The average Bonchev–Trinajstić information content (AvgIpc) is 2.40. The van der Waals surface area contributed by atoms with E-state index in [4.69, 9.17) is 5.73 Å². The first kappa shape index (κ1) is 14.5. The number of amides is 2. The molecule has 0 unspecified atom stereocenters. The highest BCUT2D eigenvalue weighted by molar-refractivity contribution is 6.00. The van der Waals surface area contributed by atoms with Crippen LogP contribution in [0.5, 0.6) is 0 Å². The Bertz CT molecular complexity index is 536. The molecule has 108 valence electrons. The minimum atomic E-state index is -0.727. The highest BCUT2D eigenvalue weighted by atomic mass is 16.2. The lowest BCUT2D eigenvalue weighted by molar-refractivity contribution is -0.123. The number of carbonyl (C=O) groups excluding carboxylic acids is 2. The number of nitrogens with one attached hydrogen (secondary N) is 2. The van der Waals surface area contributed by atoms with Crippen molar-refractivity contribution in [2.75, 3.05) is 10.6 Å². The van der Waals surface area contributed by atoms with E-state index >= 15 is 0 Å². The number of nitrogens with two attached hydrogens (primary N) is 1. The van der Waals surface area contributed by atoms with E-state index in [1.807, 2.05) is 19.1 Å². The molecule has 0 aliphatic heterocycles. The predicted octanol–water partition coefficient (Wildman–Crippen LogP) is 2.16. The van der Waals surface area contributed by atoms with Crippen LogP contribution in [-0.4, -0.2) is 17.4 Å². The number of carbonyl (C=O) groups is 2.